The highest BCUT2D eigenvalue weighted by Gasteiger charge is 2.36. The van der Waals surface area contributed by atoms with Crippen LogP contribution in [-0.4, -0.2) is 46.7 Å². The average molecular weight is 349 g/mol. The Morgan fingerprint density at radius 3 is 2.80 bits per heavy atom. The first kappa shape index (κ1) is 18.4. The Hall–Kier alpha value is -2.94. The third-order valence-electron chi connectivity index (χ3n) is 3.83. The summed E-state index contributed by atoms with van der Waals surface area (Å²) in [6.07, 6.45) is 0. The van der Waals surface area contributed by atoms with E-state index in [-0.39, 0.29) is 31.0 Å². The van der Waals surface area contributed by atoms with Crippen LogP contribution in [0, 0.1) is 10.1 Å². The van der Waals surface area contributed by atoms with Crippen molar-refractivity contribution >= 4 is 17.7 Å². The van der Waals surface area contributed by atoms with Crippen molar-refractivity contribution in [1.82, 2.24) is 10.2 Å². The van der Waals surface area contributed by atoms with Gasteiger partial charge in [0, 0.05) is 17.8 Å². The number of benzene rings is 1. The fraction of sp³-hybridized carbons (Fsp3) is 0.375. The molecule has 1 heterocycles. The topological polar surface area (TPSA) is 122 Å². The Morgan fingerprint density at radius 2 is 2.20 bits per heavy atom. The molecule has 2 rings (SSSR count). The van der Waals surface area contributed by atoms with E-state index in [1.807, 2.05) is 0 Å². The Kier molecular flexibility index (Phi) is 5.71. The molecule has 1 atom stereocenters. The van der Waals surface area contributed by atoms with Crippen LogP contribution in [0.15, 0.2) is 35.5 Å². The number of allylic oxidation sites excluding steroid dienone is 1. The number of β-amino-alcohol motifs (C(OH)–C–C–N with tert-alkyl or cyclic N) is 1. The standard InChI is InChI=1S/C16H19N3O6/c1-3-25-15(21)13-10(2)18(7-8-20)16(22)17-14(13)11-5-4-6-12(9-11)19(23)24/h4-6,9,14,20H,3,7-8H2,1-2H3,(H,17,22)/t14-/m0/s1. The summed E-state index contributed by atoms with van der Waals surface area (Å²) in [5, 5.41) is 22.8. The first-order valence-electron chi connectivity index (χ1n) is 7.71. The highest BCUT2D eigenvalue weighted by Crippen LogP contribution is 2.32. The lowest BCUT2D eigenvalue weighted by Crippen LogP contribution is -2.48. The van der Waals surface area contributed by atoms with Crippen LogP contribution in [-0.2, 0) is 9.53 Å². The van der Waals surface area contributed by atoms with Gasteiger partial charge in [0.05, 0.1) is 36.3 Å². The predicted octanol–water partition coefficient (Wildman–Crippen LogP) is 1.49. The number of carbonyl (C=O) groups excluding carboxylic acids is 2. The Labute approximate surface area is 144 Å². The molecule has 1 aromatic rings. The zero-order valence-corrected chi connectivity index (χ0v) is 13.9. The molecule has 0 saturated heterocycles. The van der Waals surface area contributed by atoms with Gasteiger partial charge in [-0.3, -0.25) is 15.0 Å². The molecule has 2 amide bonds. The van der Waals surface area contributed by atoms with Crippen molar-refractivity contribution < 1.29 is 24.4 Å². The van der Waals surface area contributed by atoms with Crippen molar-refractivity contribution in [2.24, 2.45) is 0 Å². The number of aliphatic hydroxyl groups excluding tert-OH is 1. The fourth-order valence-electron chi connectivity index (χ4n) is 2.69. The van der Waals surface area contributed by atoms with E-state index in [4.69, 9.17) is 9.84 Å². The quantitative estimate of drug-likeness (QED) is 0.456. The number of ether oxygens (including phenoxy) is 1. The molecule has 1 aromatic carbocycles. The van der Waals surface area contributed by atoms with E-state index in [2.05, 4.69) is 5.32 Å². The molecule has 0 radical (unpaired) electrons. The minimum absolute atomic E-state index is 0.0161. The van der Waals surface area contributed by atoms with Gasteiger partial charge in [-0.1, -0.05) is 12.1 Å². The van der Waals surface area contributed by atoms with Crippen molar-refractivity contribution in [1.29, 1.82) is 0 Å². The van der Waals surface area contributed by atoms with Crippen molar-refractivity contribution in [3.05, 3.63) is 51.2 Å². The Bertz CT molecular complexity index is 730. The van der Waals surface area contributed by atoms with Crippen LogP contribution >= 0.6 is 0 Å². The van der Waals surface area contributed by atoms with Gasteiger partial charge in [0.1, 0.15) is 0 Å². The summed E-state index contributed by atoms with van der Waals surface area (Å²) in [5.41, 5.74) is 0.766. The van der Waals surface area contributed by atoms with Gasteiger partial charge < -0.3 is 15.2 Å². The number of hydrogen-bond acceptors (Lipinski definition) is 6. The van der Waals surface area contributed by atoms with Crippen LogP contribution in [0.1, 0.15) is 25.5 Å². The third kappa shape index (κ3) is 3.77. The summed E-state index contributed by atoms with van der Waals surface area (Å²) in [6.45, 7) is 3.11. The van der Waals surface area contributed by atoms with Crippen LogP contribution < -0.4 is 5.32 Å². The maximum Gasteiger partial charge on any atom is 0.338 e. The summed E-state index contributed by atoms with van der Waals surface area (Å²) in [7, 11) is 0. The van der Waals surface area contributed by atoms with Gasteiger partial charge in [0.2, 0.25) is 0 Å². The number of nitro benzene ring substituents is 1. The van der Waals surface area contributed by atoms with Crippen molar-refractivity contribution in [2.75, 3.05) is 19.8 Å². The largest absolute Gasteiger partial charge is 0.463 e. The maximum absolute atomic E-state index is 12.4. The van der Waals surface area contributed by atoms with Gasteiger partial charge >= 0.3 is 12.0 Å². The molecular weight excluding hydrogens is 330 g/mol. The van der Waals surface area contributed by atoms with E-state index in [0.717, 1.165) is 0 Å². The van der Waals surface area contributed by atoms with Crippen LogP contribution in [0.2, 0.25) is 0 Å². The minimum atomic E-state index is -0.874. The number of nitro groups is 1. The molecule has 1 aliphatic rings. The van der Waals surface area contributed by atoms with Gasteiger partial charge in [0.25, 0.3) is 5.69 Å². The predicted molar refractivity (Wildman–Crippen MR) is 87.5 cm³/mol. The molecule has 0 saturated carbocycles. The first-order valence-corrected chi connectivity index (χ1v) is 7.71. The zero-order chi connectivity index (χ0) is 18.6. The first-order chi connectivity index (χ1) is 11.9. The van der Waals surface area contributed by atoms with Crippen molar-refractivity contribution in [2.45, 2.75) is 19.9 Å². The van der Waals surface area contributed by atoms with Gasteiger partial charge in [-0.05, 0) is 19.4 Å². The van der Waals surface area contributed by atoms with Crippen molar-refractivity contribution in [3.63, 3.8) is 0 Å². The smallest absolute Gasteiger partial charge is 0.338 e. The molecule has 9 nitrogen and oxygen atoms in total. The highest BCUT2D eigenvalue weighted by atomic mass is 16.6. The van der Waals surface area contributed by atoms with Crippen LogP contribution in [0.4, 0.5) is 10.5 Å². The monoisotopic (exact) mass is 349 g/mol. The Balaban J connectivity index is 2.54. The van der Waals surface area contributed by atoms with E-state index in [9.17, 15) is 19.7 Å². The van der Waals surface area contributed by atoms with Gasteiger partial charge in [-0.15, -0.1) is 0 Å². The van der Waals surface area contributed by atoms with Crippen LogP contribution in [0.3, 0.4) is 0 Å². The number of nitrogens with zero attached hydrogens (tertiary/aromatic N) is 2. The maximum atomic E-state index is 12.4. The molecule has 134 valence electrons. The second kappa shape index (κ2) is 7.75. The number of aliphatic hydroxyl groups is 1. The number of hydrogen-bond donors (Lipinski definition) is 2. The average Bonchev–Trinajstić information content (AvgIpc) is 2.58. The molecule has 0 fully saturated rings. The van der Waals surface area contributed by atoms with E-state index in [1.165, 1.54) is 23.1 Å². The summed E-state index contributed by atoms with van der Waals surface area (Å²) >= 11 is 0. The lowest BCUT2D eigenvalue weighted by molar-refractivity contribution is -0.384. The molecule has 2 N–H and O–H groups in total. The van der Waals surface area contributed by atoms with Gasteiger partial charge in [-0.2, -0.15) is 0 Å². The number of non-ortho nitro benzene ring substituents is 1. The normalized spacial score (nSPS) is 17.3. The molecular formula is C16H19N3O6. The van der Waals surface area contributed by atoms with Gasteiger partial charge in [0.15, 0.2) is 0 Å². The molecule has 25 heavy (non-hydrogen) atoms. The number of carbonyl (C=O) groups is 2. The number of nitrogens with one attached hydrogen (secondary N) is 1. The van der Waals surface area contributed by atoms with E-state index < -0.39 is 23.0 Å². The van der Waals surface area contributed by atoms with E-state index in [0.29, 0.717) is 11.3 Å². The zero-order valence-electron chi connectivity index (χ0n) is 13.9. The summed E-state index contributed by atoms with van der Waals surface area (Å²) in [4.78, 5) is 36.4. The number of rotatable bonds is 6. The SMILES string of the molecule is CCOC(=O)C1=C(C)N(CCO)C(=O)N[C@H]1c1cccc([N+](=O)[O-])c1. The molecule has 0 spiro atoms. The molecule has 0 unspecified atom stereocenters. The highest BCUT2D eigenvalue weighted by molar-refractivity contribution is 5.95. The summed E-state index contributed by atoms with van der Waals surface area (Å²) < 4.78 is 5.07. The number of urea groups is 1. The molecule has 0 bridgehead atoms. The van der Waals surface area contributed by atoms with Crippen molar-refractivity contribution in [3.8, 4) is 0 Å². The number of amides is 2. The molecule has 0 aliphatic carbocycles. The molecule has 1 aliphatic heterocycles. The lowest BCUT2D eigenvalue weighted by atomic mass is 9.94. The molecule has 9 heteroatoms. The Morgan fingerprint density at radius 1 is 1.48 bits per heavy atom. The van der Waals surface area contributed by atoms with E-state index >= 15 is 0 Å². The van der Waals surface area contributed by atoms with Crippen LogP contribution in [0.25, 0.3) is 0 Å². The summed E-state index contributed by atoms with van der Waals surface area (Å²) in [5.74, 6) is -0.626. The second-order valence-corrected chi connectivity index (χ2v) is 5.33. The third-order valence-corrected chi connectivity index (χ3v) is 3.83. The van der Waals surface area contributed by atoms with Gasteiger partial charge in [-0.25, -0.2) is 9.59 Å². The number of esters is 1. The van der Waals surface area contributed by atoms with Crippen LogP contribution in [0.5, 0.6) is 0 Å². The summed E-state index contributed by atoms with van der Waals surface area (Å²) in [6, 6.07) is 4.33. The second-order valence-electron chi connectivity index (χ2n) is 5.33. The molecule has 0 aromatic heterocycles. The minimum Gasteiger partial charge on any atom is -0.463 e. The lowest BCUT2D eigenvalue weighted by Gasteiger charge is -2.35. The fourth-order valence-corrected chi connectivity index (χ4v) is 2.69. The van der Waals surface area contributed by atoms with E-state index in [1.54, 1.807) is 19.9 Å².